The van der Waals surface area contributed by atoms with Crippen molar-refractivity contribution in [3.63, 3.8) is 0 Å². The van der Waals surface area contributed by atoms with Crippen LogP contribution in [0.1, 0.15) is 37.4 Å². The Kier molecular flexibility index (Phi) is 2.34. The smallest absolute Gasteiger partial charge is 0.328 e. The lowest BCUT2D eigenvalue weighted by molar-refractivity contribution is -0.140. The fourth-order valence-electron chi connectivity index (χ4n) is 1.33. The van der Waals surface area contributed by atoms with Gasteiger partial charge in [-0.1, -0.05) is 0 Å². The van der Waals surface area contributed by atoms with Crippen LogP contribution in [-0.2, 0) is 4.79 Å². The molecule has 0 amide bonds. The normalized spacial score (nSPS) is 18.1. The zero-order chi connectivity index (χ0) is 10.3. The minimum Gasteiger partial charge on any atom is -0.480 e. The van der Waals surface area contributed by atoms with Crippen LogP contribution in [0.15, 0.2) is 10.7 Å². The molecular formula is C9H11BrN2O2. The van der Waals surface area contributed by atoms with E-state index in [2.05, 4.69) is 21.0 Å². The van der Waals surface area contributed by atoms with Crippen LogP contribution in [0.5, 0.6) is 0 Å². The molecule has 0 saturated heterocycles. The van der Waals surface area contributed by atoms with Crippen molar-refractivity contribution in [3.05, 3.63) is 16.4 Å². The molecule has 14 heavy (non-hydrogen) atoms. The van der Waals surface area contributed by atoms with Gasteiger partial charge in [-0.15, -0.1) is 0 Å². The van der Waals surface area contributed by atoms with Crippen LogP contribution >= 0.6 is 15.9 Å². The van der Waals surface area contributed by atoms with Crippen LogP contribution in [0.25, 0.3) is 0 Å². The predicted octanol–water partition coefficient (Wildman–Crippen LogP) is 2.17. The molecule has 0 aliphatic heterocycles. The maximum atomic E-state index is 10.7. The summed E-state index contributed by atoms with van der Waals surface area (Å²) in [6.07, 6.45) is 4.07. The fraction of sp³-hybridized carbons (Fsp3) is 0.556. The number of aromatic nitrogens is 2. The molecule has 1 aliphatic rings. The molecule has 4 nitrogen and oxygen atoms in total. The Balaban J connectivity index is 2.27. The summed E-state index contributed by atoms with van der Waals surface area (Å²) in [6, 6.07) is -0.598. The van der Waals surface area contributed by atoms with E-state index in [1.54, 1.807) is 13.1 Å². The van der Waals surface area contributed by atoms with Gasteiger partial charge < -0.3 is 5.11 Å². The first-order valence-corrected chi connectivity index (χ1v) is 5.36. The zero-order valence-electron chi connectivity index (χ0n) is 7.77. The largest absolute Gasteiger partial charge is 0.480 e. The molecule has 0 radical (unpaired) electrons. The summed E-state index contributed by atoms with van der Waals surface area (Å²) >= 11 is 3.40. The Morgan fingerprint density at radius 2 is 2.43 bits per heavy atom. The summed E-state index contributed by atoms with van der Waals surface area (Å²) in [5.74, 6) is -0.325. The molecule has 1 aliphatic carbocycles. The summed E-state index contributed by atoms with van der Waals surface area (Å²) < 4.78 is 2.42. The van der Waals surface area contributed by atoms with Gasteiger partial charge in [-0.25, -0.2) is 4.79 Å². The van der Waals surface area contributed by atoms with Gasteiger partial charge in [-0.05, 0) is 35.7 Å². The lowest BCUT2D eigenvalue weighted by Crippen LogP contribution is -2.16. The van der Waals surface area contributed by atoms with E-state index in [9.17, 15) is 4.79 Å². The monoisotopic (exact) mass is 258 g/mol. The maximum Gasteiger partial charge on any atom is 0.328 e. The SMILES string of the molecule is C[C@@H](C(=O)O)n1cc(Br)c(C2CC2)n1. The third kappa shape index (κ3) is 1.68. The molecule has 1 aromatic heterocycles. The van der Waals surface area contributed by atoms with Gasteiger partial charge in [-0.2, -0.15) is 5.10 Å². The molecule has 1 N–H and O–H groups in total. The Morgan fingerprint density at radius 1 is 1.79 bits per heavy atom. The second-order valence-electron chi connectivity index (χ2n) is 3.63. The van der Waals surface area contributed by atoms with E-state index >= 15 is 0 Å². The highest BCUT2D eigenvalue weighted by atomic mass is 79.9. The van der Waals surface area contributed by atoms with E-state index in [0.29, 0.717) is 5.92 Å². The summed E-state index contributed by atoms with van der Waals surface area (Å²) in [5.41, 5.74) is 0.998. The van der Waals surface area contributed by atoms with Crippen molar-refractivity contribution in [2.75, 3.05) is 0 Å². The third-order valence-electron chi connectivity index (χ3n) is 2.43. The molecule has 1 aromatic rings. The molecule has 0 aromatic carbocycles. The highest BCUT2D eigenvalue weighted by molar-refractivity contribution is 9.10. The molecule has 2 rings (SSSR count). The van der Waals surface area contributed by atoms with Crippen molar-refractivity contribution in [3.8, 4) is 0 Å². The molecule has 1 fully saturated rings. The summed E-state index contributed by atoms with van der Waals surface area (Å²) in [6.45, 7) is 1.62. The topological polar surface area (TPSA) is 55.1 Å². The van der Waals surface area contributed by atoms with Gasteiger partial charge in [0.1, 0.15) is 6.04 Å². The lowest BCUT2D eigenvalue weighted by Gasteiger charge is -2.05. The molecule has 1 heterocycles. The number of hydrogen-bond donors (Lipinski definition) is 1. The van der Waals surface area contributed by atoms with E-state index in [0.717, 1.165) is 23.0 Å². The lowest BCUT2D eigenvalue weighted by atomic mass is 10.3. The number of carbonyl (C=O) groups is 1. The number of halogens is 1. The highest BCUT2D eigenvalue weighted by Crippen LogP contribution is 2.42. The first kappa shape index (κ1) is 9.71. The maximum absolute atomic E-state index is 10.7. The second-order valence-corrected chi connectivity index (χ2v) is 4.49. The summed E-state index contributed by atoms with van der Waals surface area (Å²) in [5, 5.41) is 13.1. The Morgan fingerprint density at radius 3 is 2.93 bits per heavy atom. The number of nitrogens with zero attached hydrogens (tertiary/aromatic N) is 2. The van der Waals surface area contributed by atoms with Crippen molar-refractivity contribution in [2.45, 2.75) is 31.7 Å². The second kappa shape index (κ2) is 3.38. The minimum absolute atomic E-state index is 0.534. The van der Waals surface area contributed by atoms with Crippen LogP contribution in [0.2, 0.25) is 0 Å². The van der Waals surface area contributed by atoms with Crippen molar-refractivity contribution in [2.24, 2.45) is 0 Å². The van der Waals surface area contributed by atoms with Crippen molar-refractivity contribution in [1.29, 1.82) is 0 Å². The van der Waals surface area contributed by atoms with Gasteiger partial charge in [0.2, 0.25) is 0 Å². The van der Waals surface area contributed by atoms with E-state index < -0.39 is 12.0 Å². The van der Waals surface area contributed by atoms with Crippen molar-refractivity contribution >= 4 is 21.9 Å². The number of aliphatic carboxylic acids is 1. The number of carboxylic acid groups (broad SMARTS) is 1. The molecule has 1 saturated carbocycles. The van der Waals surface area contributed by atoms with E-state index in [1.165, 1.54) is 4.68 Å². The number of hydrogen-bond acceptors (Lipinski definition) is 2. The average molecular weight is 259 g/mol. The highest BCUT2D eigenvalue weighted by Gasteiger charge is 2.29. The van der Waals surface area contributed by atoms with Crippen molar-refractivity contribution in [1.82, 2.24) is 9.78 Å². The first-order chi connectivity index (χ1) is 6.59. The van der Waals surface area contributed by atoms with Crippen LogP contribution in [0.3, 0.4) is 0 Å². The van der Waals surface area contributed by atoms with Crippen LogP contribution in [0.4, 0.5) is 0 Å². The van der Waals surface area contributed by atoms with Crippen LogP contribution in [-0.4, -0.2) is 20.9 Å². The van der Waals surface area contributed by atoms with E-state index in [1.807, 2.05) is 0 Å². The quantitative estimate of drug-likeness (QED) is 0.904. The molecular weight excluding hydrogens is 248 g/mol. The third-order valence-corrected chi connectivity index (χ3v) is 3.04. The molecule has 5 heteroatoms. The molecule has 0 spiro atoms. The standard InChI is InChI=1S/C9H11BrN2O2/c1-5(9(13)14)12-4-7(10)8(11-12)6-2-3-6/h4-6H,2-3H2,1H3,(H,13,14)/t5-/m0/s1. The van der Waals surface area contributed by atoms with Gasteiger partial charge >= 0.3 is 5.97 Å². The summed E-state index contributed by atoms with van der Waals surface area (Å²) in [7, 11) is 0. The molecule has 0 unspecified atom stereocenters. The van der Waals surface area contributed by atoms with E-state index in [4.69, 9.17) is 5.11 Å². The fourth-order valence-corrected chi connectivity index (χ4v) is 1.94. The van der Waals surface area contributed by atoms with Crippen LogP contribution < -0.4 is 0 Å². The molecule has 76 valence electrons. The van der Waals surface area contributed by atoms with Crippen molar-refractivity contribution < 1.29 is 9.90 Å². The van der Waals surface area contributed by atoms with Gasteiger partial charge in [0.15, 0.2) is 0 Å². The minimum atomic E-state index is -0.859. The summed E-state index contributed by atoms with van der Waals surface area (Å²) in [4.78, 5) is 10.7. The average Bonchev–Trinajstić information content (AvgIpc) is 2.89. The van der Waals surface area contributed by atoms with Gasteiger partial charge in [0.05, 0.1) is 10.2 Å². The molecule has 1 atom stereocenters. The zero-order valence-corrected chi connectivity index (χ0v) is 9.36. The first-order valence-electron chi connectivity index (χ1n) is 4.57. The Hall–Kier alpha value is -0.840. The Bertz CT molecular complexity index is 371. The van der Waals surface area contributed by atoms with Crippen LogP contribution in [0, 0.1) is 0 Å². The molecule has 0 bridgehead atoms. The van der Waals surface area contributed by atoms with E-state index in [-0.39, 0.29) is 0 Å². The van der Waals surface area contributed by atoms with Gasteiger partial charge in [0.25, 0.3) is 0 Å². The van der Waals surface area contributed by atoms with Gasteiger partial charge in [0, 0.05) is 12.1 Å². The number of rotatable bonds is 3. The predicted molar refractivity (Wildman–Crippen MR) is 54.2 cm³/mol. The number of carboxylic acids is 1. The Labute approximate surface area is 90.0 Å². The van der Waals surface area contributed by atoms with Gasteiger partial charge in [-0.3, -0.25) is 4.68 Å².